The van der Waals surface area contributed by atoms with E-state index >= 15 is 0 Å². The fourth-order valence-electron chi connectivity index (χ4n) is 2.41. The molecule has 0 aliphatic carbocycles. The first-order valence-corrected chi connectivity index (χ1v) is 8.69. The quantitative estimate of drug-likeness (QED) is 0.736. The molecule has 0 spiro atoms. The van der Waals surface area contributed by atoms with E-state index in [-0.39, 0.29) is 11.4 Å². The molecule has 0 radical (unpaired) electrons. The van der Waals surface area contributed by atoms with Crippen molar-refractivity contribution in [2.24, 2.45) is 0 Å². The molecule has 0 aromatic heterocycles. The first-order valence-electron chi connectivity index (χ1n) is 8.69. The Morgan fingerprint density at radius 1 is 1.08 bits per heavy atom. The van der Waals surface area contributed by atoms with E-state index in [0.717, 1.165) is 23.4 Å². The number of ether oxygens (including phenoxy) is 1. The van der Waals surface area contributed by atoms with E-state index < -0.39 is 0 Å². The summed E-state index contributed by atoms with van der Waals surface area (Å²) in [4.78, 5) is 11.8. The Morgan fingerprint density at radius 3 is 2.44 bits per heavy atom. The molecule has 0 heterocycles. The van der Waals surface area contributed by atoms with Gasteiger partial charge in [0.2, 0.25) is 0 Å². The number of anilines is 1. The van der Waals surface area contributed by atoms with Crippen LogP contribution in [0.5, 0.6) is 5.75 Å². The highest BCUT2D eigenvalue weighted by Gasteiger charge is 2.12. The topological polar surface area (TPSA) is 50.4 Å². The molecule has 2 aromatic rings. The van der Waals surface area contributed by atoms with Gasteiger partial charge in [0.15, 0.2) is 0 Å². The minimum Gasteiger partial charge on any atom is -0.494 e. The van der Waals surface area contributed by atoms with Crippen molar-refractivity contribution in [3.05, 3.63) is 59.7 Å². The van der Waals surface area contributed by atoms with E-state index in [9.17, 15) is 4.79 Å². The van der Waals surface area contributed by atoms with E-state index in [4.69, 9.17) is 4.74 Å². The van der Waals surface area contributed by atoms with E-state index in [1.165, 1.54) is 5.56 Å². The largest absolute Gasteiger partial charge is 0.494 e. The molecule has 0 aliphatic rings. The first-order chi connectivity index (χ1) is 11.8. The van der Waals surface area contributed by atoms with Crippen molar-refractivity contribution in [1.29, 1.82) is 0 Å². The second-order valence-corrected chi connectivity index (χ2v) is 7.23. The SMILES string of the molecule is Cc1cccc(NC(=O)NCCCOc2ccc(C(C)(C)C)cc2)c1. The van der Waals surface area contributed by atoms with Crippen LogP contribution in [-0.4, -0.2) is 19.2 Å². The van der Waals surface area contributed by atoms with E-state index in [1.54, 1.807) is 0 Å². The summed E-state index contributed by atoms with van der Waals surface area (Å²) < 4.78 is 5.72. The van der Waals surface area contributed by atoms with Gasteiger partial charge in [-0.25, -0.2) is 4.79 Å². The third-order valence-electron chi connectivity index (χ3n) is 3.87. The molecular formula is C21H28N2O2. The molecule has 0 unspecified atom stereocenters. The molecule has 0 saturated heterocycles. The lowest BCUT2D eigenvalue weighted by atomic mass is 9.87. The molecule has 0 atom stereocenters. The zero-order valence-electron chi connectivity index (χ0n) is 15.6. The predicted octanol–water partition coefficient (Wildman–Crippen LogP) is 4.88. The van der Waals surface area contributed by atoms with Crippen molar-refractivity contribution in [2.75, 3.05) is 18.5 Å². The fourth-order valence-corrected chi connectivity index (χ4v) is 2.41. The minimum atomic E-state index is -0.194. The monoisotopic (exact) mass is 340 g/mol. The lowest BCUT2D eigenvalue weighted by molar-refractivity contribution is 0.250. The van der Waals surface area contributed by atoms with Crippen molar-refractivity contribution in [2.45, 2.75) is 39.5 Å². The molecule has 0 saturated carbocycles. The van der Waals surface area contributed by atoms with Gasteiger partial charge in [-0.1, -0.05) is 45.0 Å². The van der Waals surface area contributed by atoms with Crippen LogP contribution in [0.3, 0.4) is 0 Å². The molecule has 2 rings (SSSR count). The zero-order valence-corrected chi connectivity index (χ0v) is 15.6. The van der Waals surface area contributed by atoms with Gasteiger partial charge in [0.25, 0.3) is 0 Å². The van der Waals surface area contributed by atoms with Crippen LogP contribution >= 0.6 is 0 Å². The Bertz CT molecular complexity index is 688. The Kier molecular flexibility index (Phi) is 6.45. The van der Waals surface area contributed by atoms with Crippen LogP contribution in [0.25, 0.3) is 0 Å². The van der Waals surface area contributed by atoms with Crippen LogP contribution in [0.1, 0.15) is 38.3 Å². The Labute approximate surface area is 150 Å². The van der Waals surface area contributed by atoms with Gasteiger partial charge in [-0.2, -0.15) is 0 Å². The van der Waals surface area contributed by atoms with Crippen LogP contribution in [0.15, 0.2) is 48.5 Å². The second-order valence-electron chi connectivity index (χ2n) is 7.23. The number of carbonyl (C=O) groups excluding carboxylic acids is 1. The Balaban J connectivity index is 1.65. The van der Waals surface area contributed by atoms with Crippen molar-refractivity contribution in [3.63, 3.8) is 0 Å². The maximum absolute atomic E-state index is 11.8. The fraction of sp³-hybridized carbons (Fsp3) is 0.381. The summed E-state index contributed by atoms with van der Waals surface area (Å²) in [6.45, 7) is 9.70. The van der Waals surface area contributed by atoms with Gasteiger partial charge in [-0.05, 0) is 54.2 Å². The third-order valence-corrected chi connectivity index (χ3v) is 3.87. The molecule has 4 heteroatoms. The van der Waals surface area contributed by atoms with Gasteiger partial charge in [0.1, 0.15) is 5.75 Å². The molecule has 4 nitrogen and oxygen atoms in total. The smallest absolute Gasteiger partial charge is 0.319 e. The molecule has 2 aromatic carbocycles. The van der Waals surface area contributed by atoms with Crippen LogP contribution < -0.4 is 15.4 Å². The summed E-state index contributed by atoms with van der Waals surface area (Å²) in [6, 6.07) is 15.7. The third kappa shape index (κ3) is 6.49. The standard InChI is InChI=1S/C21H28N2O2/c1-16-7-5-8-18(15-16)23-20(24)22-13-6-14-25-19-11-9-17(10-12-19)21(2,3)4/h5,7-12,15H,6,13-14H2,1-4H3,(H2,22,23,24). The number of aryl methyl sites for hydroxylation is 1. The van der Waals surface area contributed by atoms with Crippen LogP contribution in [0.4, 0.5) is 10.5 Å². The van der Waals surface area contributed by atoms with E-state index in [0.29, 0.717) is 13.2 Å². The van der Waals surface area contributed by atoms with Crippen LogP contribution in [0.2, 0.25) is 0 Å². The van der Waals surface area contributed by atoms with Crippen molar-refractivity contribution >= 4 is 11.7 Å². The highest BCUT2D eigenvalue weighted by Crippen LogP contribution is 2.24. The zero-order chi connectivity index (χ0) is 18.3. The number of carbonyl (C=O) groups is 1. The highest BCUT2D eigenvalue weighted by molar-refractivity contribution is 5.89. The molecule has 134 valence electrons. The number of amides is 2. The number of nitrogens with one attached hydrogen (secondary N) is 2. The normalized spacial score (nSPS) is 11.0. The summed E-state index contributed by atoms with van der Waals surface area (Å²) in [5, 5.41) is 5.66. The molecular weight excluding hydrogens is 312 g/mol. The van der Waals surface area contributed by atoms with Crippen molar-refractivity contribution < 1.29 is 9.53 Å². The molecule has 0 fully saturated rings. The van der Waals surface area contributed by atoms with Crippen LogP contribution in [0, 0.1) is 6.92 Å². The van der Waals surface area contributed by atoms with Gasteiger partial charge in [-0.15, -0.1) is 0 Å². The molecule has 25 heavy (non-hydrogen) atoms. The van der Waals surface area contributed by atoms with Gasteiger partial charge in [0, 0.05) is 12.2 Å². The van der Waals surface area contributed by atoms with Crippen molar-refractivity contribution in [3.8, 4) is 5.75 Å². The van der Waals surface area contributed by atoms with E-state index in [1.807, 2.05) is 43.3 Å². The van der Waals surface area contributed by atoms with Crippen LogP contribution in [-0.2, 0) is 5.41 Å². The number of urea groups is 1. The lowest BCUT2D eigenvalue weighted by Gasteiger charge is -2.19. The minimum absolute atomic E-state index is 0.146. The van der Waals surface area contributed by atoms with Gasteiger partial charge >= 0.3 is 6.03 Å². The maximum atomic E-state index is 11.8. The molecule has 0 aliphatic heterocycles. The second kappa shape index (κ2) is 8.56. The summed E-state index contributed by atoms with van der Waals surface area (Å²) in [5.74, 6) is 0.859. The molecule has 2 amide bonds. The van der Waals surface area contributed by atoms with Gasteiger partial charge in [-0.3, -0.25) is 0 Å². The Hall–Kier alpha value is -2.49. The summed E-state index contributed by atoms with van der Waals surface area (Å²) in [6.07, 6.45) is 0.752. The summed E-state index contributed by atoms with van der Waals surface area (Å²) in [5.41, 5.74) is 3.35. The summed E-state index contributed by atoms with van der Waals surface area (Å²) in [7, 11) is 0. The Morgan fingerprint density at radius 2 is 1.80 bits per heavy atom. The highest BCUT2D eigenvalue weighted by atomic mass is 16.5. The summed E-state index contributed by atoms with van der Waals surface area (Å²) >= 11 is 0. The average molecular weight is 340 g/mol. The van der Waals surface area contributed by atoms with Crippen molar-refractivity contribution in [1.82, 2.24) is 5.32 Å². The number of hydrogen-bond donors (Lipinski definition) is 2. The van der Waals surface area contributed by atoms with Gasteiger partial charge < -0.3 is 15.4 Å². The number of rotatable bonds is 6. The maximum Gasteiger partial charge on any atom is 0.319 e. The molecule has 2 N–H and O–H groups in total. The van der Waals surface area contributed by atoms with Gasteiger partial charge in [0.05, 0.1) is 6.61 Å². The first kappa shape index (κ1) is 18.8. The lowest BCUT2D eigenvalue weighted by Crippen LogP contribution is -2.30. The average Bonchev–Trinajstić information content (AvgIpc) is 2.54. The predicted molar refractivity (Wildman–Crippen MR) is 103 cm³/mol. The number of hydrogen-bond acceptors (Lipinski definition) is 2. The molecule has 0 bridgehead atoms. The van der Waals surface area contributed by atoms with E-state index in [2.05, 4.69) is 43.5 Å². The number of benzene rings is 2.